The molecule has 0 amide bonds. The molecule has 1 unspecified atom stereocenters. The molecule has 1 atom stereocenters. The third kappa shape index (κ3) is 2.77. The molecular formula is C9H11Br2NO3S. The van der Waals surface area contributed by atoms with Gasteiger partial charge in [0.2, 0.25) is 2.57 Å². The average Bonchev–Trinajstić information content (AvgIpc) is 2.16. The fourth-order valence-electron chi connectivity index (χ4n) is 1.08. The van der Waals surface area contributed by atoms with Crippen LogP contribution in [0, 0.1) is 0 Å². The summed E-state index contributed by atoms with van der Waals surface area (Å²) in [6.07, 6.45) is -0.208. The van der Waals surface area contributed by atoms with Crippen LogP contribution < -0.4 is 5.73 Å². The molecule has 3 N–H and O–H groups in total. The molecule has 0 aliphatic rings. The summed E-state index contributed by atoms with van der Waals surface area (Å²) in [4.78, 5) is 0. The number of benzene rings is 1. The van der Waals surface area contributed by atoms with Crippen LogP contribution in [0.15, 0.2) is 24.3 Å². The van der Waals surface area contributed by atoms with Crippen molar-refractivity contribution in [3.8, 4) is 0 Å². The Kier molecular flexibility index (Phi) is 4.04. The van der Waals surface area contributed by atoms with Crippen LogP contribution in [0.25, 0.3) is 0 Å². The first kappa shape index (κ1) is 14.0. The SMILES string of the molecule is CS(=O)(=O)C(Br)(Br)C(O)c1ccc(N)cc1. The molecule has 0 bridgehead atoms. The summed E-state index contributed by atoms with van der Waals surface area (Å²) >= 11 is 5.94. The number of anilines is 1. The maximum Gasteiger partial charge on any atom is 0.210 e. The zero-order valence-corrected chi connectivity index (χ0v) is 12.4. The Hall–Kier alpha value is -0.110. The highest BCUT2D eigenvalue weighted by atomic mass is 79.9. The second kappa shape index (κ2) is 4.64. The van der Waals surface area contributed by atoms with Crippen molar-refractivity contribution in [3.63, 3.8) is 0 Å². The van der Waals surface area contributed by atoms with Gasteiger partial charge in [-0.15, -0.1) is 0 Å². The number of hydrogen-bond donors (Lipinski definition) is 2. The monoisotopic (exact) mass is 371 g/mol. The third-order valence-electron chi connectivity index (χ3n) is 2.06. The lowest BCUT2D eigenvalue weighted by Crippen LogP contribution is -2.31. The van der Waals surface area contributed by atoms with Gasteiger partial charge in [-0.3, -0.25) is 0 Å². The highest BCUT2D eigenvalue weighted by Gasteiger charge is 2.43. The second-order valence-electron chi connectivity index (χ2n) is 3.40. The number of aliphatic hydroxyl groups excluding tert-OH is 1. The fourth-order valence-corrected chi connectivity index (χ4v) is 2.15. The maximum absolute atomic E-state index is 11.5. The molecule has 90 valence electrons. The summed E-state index contributed by atoms with van der Waals surface area (Å²) in [5, 5.41) is 9.96. The van der Waals surface area contributed by atoms with Crippen LogP contribution in [0.1, 0.15) is 11.7 Å². The zero-order chi connectivity index (χ0) is 12.6. The van der Waals surface area contributed by atoms with E-state index in [1.165, 1.54) is 0 Å². The van der Waals surface area contributed by atoms with Crippen LogP contribution in [0.4, 0.5) is 5.69 Å². The molecule has 7 heteroatoms. The molecule has 0 aliphatic heterocycles. The molecule has 0 aromatic heterocycles. The van der Waals surface area contributed by atoms with Crippen molar-refractivity contribution in [1.29, 1.82) is 0 Å². The van der Waals surface area contributed by atoms with Crippen LogP contribution >= 0.6 is 31.9 Å². The van der Waals surface area contributed by atoms with Gasteiger partial charge in [0, 0.05) is 11.9 Å². The number of hydrogen-bond acceptors (Lipinski definition) is 4. The van der Waals surface area contributed by atoms with Gasteiger partial charge in [0.25, 0.3) is 0 Å². The van der Waals surface area contributed by atoms with E-state index in [0.29, 0.717) is 11.3 Å². The number of nitrogens with two attached hydrogens (primary N) is 1. The molecular weight excluding hydrogens is 362 g/mol. The molecule has 1 aromatic carbocycles. The zero-order valence-electron chi connectivity index (χ0n) is 8.39. The lowest BCUT2D eigenvalue weighted by molar-refractivity contribution is 0.189. The summed E-state index contributed by atoms with van der Waals surface area (Å²) in [6.45, 7) is 0. The topological polar surface area (TPSA) is 80.4 Å². The quantitative estimate of drug-likeness (QED) is 0.626. The third-order valence-corrected chi connectivity index (χ3v) is 7.67. The lowest BCUT2D eigenvalue weighted by atomic mass is 10.1. The van der Waals surface area contributed by atoms with Crippen molar-refractivity contribution in [2.24, 2.45) is 0 Å². The molecule has 0 aliphatic carbocycles. The van der Waals surface area contributed by atoms with E-state index in [1.807, 2.05) is 0 Å². The van der Waals surface area contributed by atoms with E-state index < -0.39 is 18.5 Å². The molecule has 1 rings (SSSR count). The first-order valence-electron chi connectivity index (χ1n) is 4.27. The van der Waals surface area contributed by atoms with Crippen LogP contribution in [0.5, 0.6) is 0 Å². The minimum absolute atomic E-state index is 0.452. The average molecular weight is 373 g/mol. The Morgan fingerprint density at radius 2 is 1.75 bits per heavy atom. The minimum atomic E-state index is -3.51. The molecule has 0 spiro atoms. The van der Waals surface area contributed by atoms with E-state index in [4.69, 9.17) is 5.73 Å². The summed E-state index contributed by atoms with van der Waals surface area (Å²) < 4.78 is 21.3. The van der Waals surface area contributed by atoms with E-state index in [0.717, 1.165) is 6.26 Å². The standard InChI is InChI=1S/C9H11Br2NO3S/c1-16(14,15)9(10,11)8(13)6-2-4-7(12)5-3-6/h2-5,8,13H,12H2,1H3. The van der Waals surface area contributed by atoms with E-state index in [2.05, 4.69) is 31.9 Å². The Morgan fingerprint density at radius 1 is 1.31 bits per heavy atom. The fraction of sp³-hybridized carbons (Fsp3) is 0.333. The van der Waals surface area contributed by atoms with Crippen molar-refractivity contribution in [2.75, 3.05) is 12.0 Å². The number of halogens is 2. The highest BCUT2D eigenvalue weighted by Crippen LogP contribution is 2.43. The van der Waals surface area contributed by atoms with Gasteiger partial charge < -0.3 is 10.8 Å². The summed E-state index contributed by atoms with van der Waals surface area (Å²) in [6, 6.07) is 6.33. The molecule has 0 saturated heterocycles. The summed E-state index contributed by atoms with van der Waals surface area (Å²) in [5.74, 6) is 0. The normalized spacial score (nSPS) is 14.8. The summed E-state index contributed by atoms with van der Waals surface area (Å²) in [7, 11) is -3.51. The van der Waals surface area contributed by atoms with Crippen molar-refractivity contribution < 1.29 is 13.5 Å². The predicted molar refractivity (Wildman–Crippen MR) is 71.2 cm³/mol. The number of sulfone groups is 1. The number of aliphatic hydroxyl groups is 1. The Morgan fingerprint density at radius 3 is 2.12 bits per heavy atom. The maximum atomic E-state index is 11.5. The van der Waals surface area contributed by atoms with Gasteiger partial charge in [0.1, 0.15) is 6.10 Å². The van der Waals surface area contributed by atoms with Gasteiger partial charge in [-0.05, 0) is 17.7 Å². The molecule has 0 saturated carbocycles. The second-order valence-corrected chi connectivity index (χ2v) is 10.2. The number of alkyl halides is 2. The van der Waals surface area contributed by atoms with Gasteiger partial charge in [-0.1, -0.05) is 44.0 Å². The van der Waals surface area contributed by atoms with Gasteiger partial charge >= 0.3 is 0 Å². The van der Waals surface area contributed by atoms with Crippen molar-refractivity contribution >= 4 is 47.4 Å². The van der Waals surface area contributed by atoms with E-state index >= 15 is 0 Å². The van der Waals surface area contributed by atoms with Crippen molar-refractivity contribution in [3.05, 3.63) is 29.8 Å². The van der Waals surface area contributed by atoms with Gasteiger partial charge in [-0.25, -0.2) is 8.42 Å². The van der Waals surface area contributed by atoms with Crippen molar-refractivity contribution in [2.45, 2.75) is 8.67 Å². The minimum Gasteiger partial charge on any atom is -0.399 e. The van der Waals surface area contributed by atoms with Gasteiger partial charge in [0.05, 0.1) is 0 Å². The first-order chi connectivity index (χ1) is 7.16. The number of rotatable bonds is 3. The highest BCUT2D eigenvalue weighted by molar-refractivity contribution is 9.27. The molecule has 16 heavy (non-hydrogen) atoms. The number of nitrogen functional groups attached to an aromatic ring is 1. The first-order valence-corrected chi connectivity index (χ1v) is 7.75. The van der Waals surface area contributed by atoms with E-state index in [-0.39, 0.29) is 0 Å². The van der Waals surface area contributed by atoms with Crippen LogP contribution in [0.2, 0.25) is 0 Å². The van der Waals surface area contributed by atoms with Crippen LogP contribution in [-0.4, -0.2) is 22.3 Å². The largest absolute Gasteiger partial charge is 0.399 e. The lowest BCUT2D eigenvalue weighted by Gasteiger charge is -2.25. The van der Waals surface area contributed by atoms with E-state index in [9.17, 15) is 13.5 Å². The molecule has 0 radical (unpaired) electrons. The molecule has 0 fully saturated rings. The van der Waals surface area contributed by atoms with E-state index in [1.54, 1.807) is 24.3 Å². The smallest absolute Gasteiger partial charge is 0.210 e. The molecule has 4 nitrogen and oxygen atoms in total. The Balaban J connectivity index is 3.12. The molecule has 1 aromatic rings. The Bertz CT molecular complexity index is 470. The van der Waals surface area contributed by atoms with Crippen molar-refractivity contribution in [1.82, 2.24) is 0 Å². The van der Waals surface area contributed by atoms with Gasteiger partial charge in [-0.2, -0.15) is 0 Å². The van der Waals surface area contributed by atoms with Crippen LogP contribution in [0.3, 0.4) is 0 Å². The van der Waals surface area contributed by atoms with Crippen LogP contribution in [-0.2, 0) is 9.84 Å². The Labute approximate surface area is 111 Å². The summed E-state index contributed by atoms with van der Waals surface area (Å²) in [5.41, 5.74) is 6.50. The molecule has 0 heterocycles. The van der Waals surface area contributed by atoms with Gasteiger partial charge in [0.15, 0.2) is 9.84 Å². The predicted octanol–water partition coefficient (Wildman–Crippen LogP) is 1.79.